The lowest BCUT2D eigenvalue weighted by atomic mass is 10.2. The molecule has 4 nitrogen and oxygen atoms in total. The summed E-state index contributed by atoms with van der Waals surface area (Å²) in [6.07, 6.45) is 1.63. The van der Waals surface area contributed by atoms with Crippen LogP contribution in [0.1, 0.15) is 12.5 Å². The predicted octanol–water partition coefficient (Wildman–Crippen LogP) is 1.68. The molecule has 20 heavy (non-hydrogen) atoms. The maximum Gasteiger partial charge on any atom is 0.266 e. The summed E-state index contributed by atoms with van der Waals surface area (Å²) in [6, 6.07) is 5.89. The van der Waals surface area contributed by atoms with Gasteiger partial charge in [0.2, 0.25) is 0 Å². The third-order valence-electron chi connectivity index (χ3n) is 2.70. The molecule has 1 heterocycles. The van der Waals surface area contributed by atoms with E-state index < -0.39 is 17.9 Å². The van der Waals surface area contributed by atoms with Gasteiger partial charge in [0, 0.05) is 5.02 Å². The maximum absolute atomic E-state index is 12.2. The number of thiocarbonyl (C=S) groups is 1. The molecule has 0 aliphatic carbocycles. The molecule has 0 aromatic heterocycles. The smallest absolute Gasteiger partial charge is 0.266 e. The van der Waals surface area contributed by atoms with Gasteiger partial charge < -0.3 is 9.90 Å². The highest BCUT2D eigenvalue weighted by Crippen LogP contribution is 2.34. The monoisotopic (exact) mass is 326 g/mol. The zero-order chi connectivity index (χ0) is 14.9. The molecular formula is C13H9ClNO3S2-. The largest absolute Gasteiger partial charge is 0.548 e. The number of aliphatic carboxylic acids is 1. The summed E-state index contributed by atoms with van der Waals surface area (Å²) < 4.78 is 0.208. The van der Waals surface area contributed by atoms with E-state index >= 15 is 0 Å². The second-order valence-electron chi connectivity index (χ2n) is 4.10. The highest BCUT2D eigenvalue weighted by Gasteiger charge is 2.35. The number of benzene rings is 1. The fourth-order valence-corrected chi connectivity index (χ4v) is 3.28. The highest BCUT2D eigenvalue weighted by molar-refractivity contribution is 8.26. The van der Waals surface area contributed by atoms with E-state index in [0.717, 1.165) is 22.2 Å². The van der Waals surface area contributed by atoms with Crippen LogP contribution in [0.2, 0.25) is 5.02 Å². The summed E-state index contributed by atoms with van der Waals surface area (Å²) in [6.45, 7) is 1.36. The Balaban J connectivity index is 2.30. The Morgan fingerprint density at radius 1 is 1.55 bits per heavy atom. The number of rotatable bonds is 3. The molecule has 1 atom stereocenters. The number of hydrogen-bond acceptors (Lipinski definition) is 5. The van der Waals surface area contributed by atoms with E-state index in [2.05, 4.69) is 0 Å². The molecule has 1 amide bonds. The summed E-state index contributed by atoms with van der Waals surface area (Å²) in [5.41, 5.74) is 0.749. The van der Waals surface area contributed by atoms with Crippen LogP contribution in [0.4, 0.5) is 0 Å². The van der Waals surface area contributed by atoms with Crippen molar-refractivity contribution in [3.63, 3.8) is 0 Å². The molecule has 0 N–H and O–H groups in total. The molecule has 1 aromatic carbocycles. The number of nitrogens with zero attached hydrogens (tertiary/aromatic N) is 1. The summed E-state index contributed by atoms with van der Waals surface area (Å²) >= 11 is 12.0. The number of carbonyl (C=O) groups excluding carboxylic acids is 2. The van der Waals surface area contributed by atoms with Crippen LogP contribution in [-0.2, 0) is 9.59 Å². The second kappa shape index (κ2) is 5.95. The Morgan fingerprint density at radius 3 is 2.85 bits per heavy atom. The van der Waals surface area contributed by atoms with Gasteiger partial charge in [-0.3, -0.25) is 9.69 Å². The minimum Gasteiger partial charge on any atom is -0.548 e. The molecule has 0 bridgehead atoms. The Hall–Kier alpha value is -1.37. The molecule has 1 fully saturated rings. The van der Waals surface area contributed by atoms with E-state index in [1.54, 1.807) is 30.3 Å². The van der Waals surface area contributed by atoms with E-state index in [0.29, 0.717) is 9.93 Å². The van der Waals surface area contributed by atoms with Crippen LogP contribution in [-0.4, -0.2) is 27.1 Å². The maximum atomic E-state index is 12.2. The first-order chi connectivity index (χ1) is 9.40. The zero-order valence-corrected chi connectivity index (χ0v) is 12.7. The Bertz CT molecular complexity index is 630. The van der Waals surface area contributed by atoms with Gasteiger partial charge in [-0.25, -0.2) is 0 Å². The zero-order valence-electron chi connectivity index (χ0n) is 10.3. The molecule has 1 aliphatic heterocycles. The average molecular weight is 327 g/mol. The minimum absolute atomic E-state index is 0.208. The average Bonchev–Trinajstić information content (AvgIpc) is 2.63. The van der Waals surface area contributed by atoms with Gasteiger partial charge in [0.25, 0.3) is 5.91 Å². The van der Waals surface area contributed by atoms with Gasteiger partial charge >= 0.3 is 0 Å². The Labute approximate surface area is 130 Å². The van der Waals surface area contributed by atoms with Crippen molar-refractivity contribution in [2.24, 2.45) is 0 Å². The first-order valence-electron chi connectivity index (χ1n) is 5.63. The third kappa shape index (κ3) is 3.03. The number of hydrogen-bond donors (Lipinski definition) is 0. The van der Waals surface area contributed by atoms with Crippen molar-refractivity contribution in [2.45, 2.75) is 13.0 Å². The summed E-state index contributed by atoms with van der Waals surface area (Å²) in [4.78, 5) is 24.5. The molecule has 2 rings (SSSR count). The van der Waals surface area contributed by atoms with Gasteiger partial charge in [0.15, 0.2) is 0 Å². The topological polar surface area (TPSA) is 60.4 Å². The molecule has 0 saturated carbocycles. The second-order valence-corrected chi connectivity index (χ2v) is 6.21. The standard InChI is InChI=1S/C13H10ClNO3S2/c1-7(12(17)18)15-11(16)10(20-13(15)19)6-8-3-2-4-9(14)5-8/h2-7H,1H3,(H,17,18)/p-1/b10-6-/t7-/m0/s1. The lowest BCUT2D eigenvalue weighted by Crippen LogP contribution is -2.48. The molecule has 1 saturated heterocycles. The summed E-state index contributed by atoms with van der Waals surface area (Å²) in [7, 11) is 0. The summed E-state index contributed by atoms with van der Waals surface area (Å²) in [5, 5.41) is 11.4. The third-order valence-corrected chi connectivity index (χ3v) is 4.26. The molecule has 0 spiro atoms. The van der Waals surface area contributed by atoms with Gasteiger partial charge in [-0.1, -0.05) is 47.7 Å². The van der Waals surface area contributed by atoms with Crippen molar-refractivity contribution >= 4 is 57.9 Å². The number of amides is 1. The van der Waals surface area contributed by atoms with E-state index in [9.17, 15) is 14.7 Å². The first-order valence-corrected chi connectivity index (χ1v) is 7.24. The first kappa shape index (κ1) is 15.0. The predicted molar refractivity (Wildman–Crippen MR) is 80.9 cm³/mol. The molecule has 0 radical (unpaired) electrons. The van der Waals surface area contributed by atoms with Crippen molar-refractivity contribution < 1.29 is 14.7 Å². The molecule has 1 aliphatic rings. The minimum atomic E-state index is -1.34. The fraction of sp³-hybridized carbons (Fsp3) is 0.154. The van der Waals surface area contributed by atoms with Crippen molar-refractivity contribution in [1.29, 1.82) is 0 Å². The van der Waals surface area contributed by atoms with Crippen LogP contribution in [0, 0.1) is 0 Å². The van der Waals surface area contributed by atoms with Gasteiger partial charge in [-0.05, 0) is 30.7 Å². The molecular weight excluding hydrogens is 318 g/mol. The number of carbonyl (C=O) groups is 2. The summed E-state index contributed by atoms with van der Waals surface area (Å²) in [5.74, 6) is -1.78. The van der Waals surface area contributed by atoms with Gasteiger partial charge in [0.1, 0.15) is 4.32 Å². The fourth-order valence-electron chi connectivity index (χ4n) is 1.67. The van der Waals surface area contributed by atoms with Crippen LogP contribution in [0.25, 0.3) is 6.08 Å². The Kier molecular flexibility index (Phi) is 4.47. The van der Waals surface area contributed by atoms with Gasteiger partial charge in [-0.2, -0.15) is 0 Å². The van der Waals surface area contributed by atoms with Crippen molar-refractivity contribution in [3.8, 4) is 0 Å². The SMILES string of the molecule is C[C@@H](C(=O)[O-])N1C(=O)/C(=C/c2cccc(Cl)c2)SC1=S. The van der Waals surface area contributed by atoms with E-state index in [1.165, 1.54) is 6.92 Å². The van der Waals surface area contributed by atoms with Crippen molar-refractivity contribution in [1.82, 2.24) is 4.90 Å². The lowest BCUT2D eigenvalue weighted by molar-refractivity contribution is -0.309. The van der Waals surface area contributed by atoms with Crippen LogP contribution < -0.4 is 5.11 Å². The van der Waals surface area contributed by atoms with Crippen LogP contribution in [0.15, 0.2) is 29.2 Å². The number of thioether (sulfide) groups is 1. The van der Waals surface area contributed by atoms with E-state index in [-0.39, 0.29) is 4.32 Å². The van der Waals surface area contributed by atoms with Crippen molar-refractivity contribution in [3.05, 3.63) is 39.8 Å². The van der Waals surface area contributed by atoms with Crippen LogP contribution >= 0.6 is 35.6 Å². The van der Waals surface area contributed by atoms with Gasteiger partial charge in [-0.15, -0.1) is 0 Å². The number of halogens is 1. The Morgan fingerprint density at radius 2 is 2.25 bits per heavy atom. The number of carboxylic acid groups (broad SMARTS) is 1. The van der Waals surface area contributed by atoms with Gasteiger partial charge in [0.05, 0.1) is 16.9 Å². The lowest BCUT2D eigenvalue weighted by Gasteiger charge is -2.23. The molecule has 1 aromatic rings. The van der Waals surface area contributed by atoms with Crippen LogP contribution in [0.3, 0.4) is 0 Å². The number of carboxylic acids is 1. The normalized spacial score (nSPS) is 18.7. The molecule has 7 heteroatoms. The van der Waals surface area contributed by atoms with E-state index in [4.69, 9.17) is 23.8 Å². The quantitative estimate of drug-likeness (QED) is 0.625. The molecule has 104 valence electrons. The van der Waals surface area contributed by atoms with E-state index in [1.807, 2.05) is 0 Å². The molecule has 0 unspecified atom stereocenters. The van der Waals surface area contributed by atoms with Crippen molar-refractivity contribution in [2.75, 3.05) is 0 Å². The van der Waals surface area contributed by atoms with Crippen LogP contribution in [0.5, 0.6) is 0 Å². The highest BCUT2D eigenvalue weighted by atomic mass is 35.5.